The van der Waals surface area contributed by atoms with Crippen molar-refractivity contribution in [1.82, 2.24) is 4.98 Å². The smallest absolute Gasteiger partial charge is 0.161 e. The van der Waals surface area contributed by atoms with E-state index in [4.69, 9.17) is 33.5 Å². The van der Waals surface area contributed by atoms with E-state index in [0.717, 1.165) is 5.56 Å². The molecule has 0 aliphatic rings. The van der Waals surface area contributed by atoms with E-state index in [0.29, 0.717) is 28.2 Å². The molecular formula is C11H12Cl2N4O. The maximum absolute atomic E-state index is 6.11. The van der Waals surface area contributed by atoms with Crippen LogP contribution in [-0.4, -0.2) is 12.0 Å². The summed E-state index contributed by atoms with van der Waals surface area (Å²) >= 11 is 12.0. The fourth-order valence-electron chi connectivity index (χ4n) is 1.56. The first-order chi connectivity index (χ1) is 8.61. The Labute approximate surface area is 114 Å². The molecule has 2 aromatic heterocycles. The number of nitrogens with one attached hydrogen (secondary N) is 1. The summed E-state index contributed by atoms with van der Waals surface area (Å²) in [4.78, 5) is 6.15. The summed E-state index contributed by atoms with van der Waals surface area (Å²) in [5.74, 6) is 6.31. The Bertz CT molecular complexity index is 530. The minimum Gasteiger partial charge on any atom is -0.472 e. The maximum Gasteiger partial charge on any atom is 0.161 e. The van der Waals surface area contributed by atoms with Crippen LogP contribution in [0.25, 0.3) is 0 Å². The summed E-state index contributed by atoms with van der Waals surface area (Å²) in [6.45, 7) is 0.620. The highest BCUT2D eigenvalue weighted by Gasteiger charge is 2.13. The Morgan fingerprint density at radius 3 is 2.83 bits per heavy atom. The van der Waals surface area contributed by atoms with Crippen LogP contribution in [0.2, 0.25) is 10.0 Å². The summed E-state index contributed by atoms with van der Waals surface area (Å²) in [7, 11) is 1.87. The molecule has 0 aromatic carbocycles. The number of hydrazine groups is 1. The SMILES string of the molecule is CN(Cc1ccoc1)c1nc(NN)c(Cl)cc1Cl. The van der Waals surface area contributed by atoms with E-state index in [2.05, 4.69) is 10.4 Å². The summed E-state index contributed by atoms with van der Waals surface area (Å²) in [6.07, 6.45) is 3.29. The topological polar surface area (TPSA) is 67.3 Å². The van der Waals surface area contributed by atoms with Gasteiger partial charge < -0.3 is 14.7 Å². The van der Waals surface area contributed by atoms with Gasteiger partial charge in [0.25, 0.3) is 0 Å². The normalized spacial score (nSPS) is 10.4. The third kappa shape index (κ3) is 2.69. The Hall–Kier alpha value is -1.43. The second kappa shape index (κ2) is 5.48. The molecule has 7 heteroatoms. The number of anilines is 2. The number of nitrogens with two attached hydrogens (primary N) is 1. The van der Waals surface area contributed by atoms with Crippen molar-refractivity contribution in [3.63, 3.8) is 0 Å². The van der Waals surface area contributed by atoms with Gasteiger partial charge in [0.2, 0.25) is 0 Å². The molecule has 0 fully saturated rings. The van der Waals surface area contributed by atoms with Crippen molar-refractivity contribution in [2.75, 3.05) is 17.4 Å². The molecule has 3 N–H and O–H groups in total. The van der Waals surface area contributed by atoms with Gasteiger partial charge in [-0.2, -0.15) is 0 Å². The molecule has 0 atom stereocenters. The van der Waals surface area contributed by atoms with Crippen molar-refractivity contribution in [1.29, 1.82) is 0 Å². The number of furan rings is 1. The average molecular weight is 287 g/mol. The van der Waals surface area contributed by atoms with Crippen molar-refractivity contribution in [3.8, 4) is 0 Å². The lowest BCUT2D eigenvalue weighted by molar-refractivity contribution is 0.563. The number of pyridine rings is 1. The molecule has 5 nitrogen and oxygen atoms in total. The average Bonchev–Trinajstić information content (AvgIpc) is 2.81. The van der Waals surface area contributed by atoms with E-state index in [9.17, 15) is 0 Å². The molecule has 0 bridgehead atoms. The summed E-state index contributed by atoms with van der Waals surface area (Å²) in [5.41, 5.74) is 3.45. The van der Waals surface area contributed by atoms with Crippen LogP contribution in [0.3, 0.4) is 0 Å². The monoisotopic (exact) mass is 286 g/mol. The van der Waals surface area contributed by atoms with Crippen molar-refractivity contribution in [2.45, 2.75) is 6.54 Å². The molecule has 18 heavy (non-hydrogen) atoms. The van der Waals surface area contributed by atoms with Crippen LogP contribution >= 0.6 is 23.2 Å². The highest BCUT2D eigenvalue weighted by molar-refractivity contribution is 6.37. The van der Waals surface area contributed by atoms with E-state index in [-0.39, 0.29) is 0 Å². The lowest BCUT2D eigenvalue weighted by Gasteiger charge is -2.19. The van der Waals surface area contributed by atoms with Gasteiger partial charge in [-0.25, -0.2) is 10.8 Å². The van der Waals surface area contributed by atoms with Crippen LogP contribution in [0.5, 0.6) is 0 Å². The number of aromatic nitrogens is 1. The third-order valence-corrected chi connectivity index (χ3v) is 2.98. The van der Waals surface area contributed by atoms with Crippen LogP contribution in [0, 0.1) is 0 Å². The molecule has 96 valence electrons. The van der Waals surface area contributed by atoms with Crippen molar-refractivity contribution in [2.24, 2.45) is 5.84 Å². The first-order valence-corrected chi connectivity index (χ1v) is 5.92. The zero-order valence-corrected chi connectivity index (χ0v) is 11.2. The molecule has 0 amide bonds. The standard InChI is InChI=1S/C11H12Cl2N4O/c1-17(5-7-2-3-18-6-7)11-9(13)4-8(12)10(15-11)16-14/h2-4,6H,5,14H2,1H3,(H,15,16). The molecule has 2 aromatic rings. The molecule has 0 spiro atoms. The van der Waals surface area contributed by atoms with Crippen LogP contribution in [0.4, 0.5) is 11.6 Å². The maximum atomic E-state index is 6.11. The number of hydrogen-bond acceptors (Lipinski definition) is 5. The van der Waals surface area contributed by atoms with Crippen LogP contribution in [0.1, 0.15) is 5.56 Å². The highest BCUT2D eigenvalue weighted by atomic mass is 35.5. The van der Waals surface area contributed by atoms with Gasteiger partial charge >= 0.3 is 0 Å². The molecule has 0 saturated carbocycles. The molecular weight excluding hydrogens is 275 g/mol. The van der Waals surface area contributed by atoms with Crippen LogP contribution in [-0.2, 0) is 6.54 Å². The molecule has 2 heterocycles. The van der Waals surface area contributed by atoms with Crippen LogP contribution < -0.4 is 16.2 Å². The second-order valence-corrected chi connectivity index (χ2v) is 4.57. The lowest BCUT2D eigenvalue weighted by atomic mass is 10.3. The molecule has 2 rings (SSSR count). The molecule has 0 unspecified atom stereocenters. The van der Waals surface area contributed by atoms with Crippen molar-refractivity contribution >= 4 is 34.8 Å². The van der Waals surface area contributed by atoms with Gasteiger partial charge in [-0.05, 0) is 12.1 Å². The van der Waals surface area contributed by atoms with Gasteiger partial charge in [0.1, 0.15) is 5.82 Å². The van der Waals surface area contributed by atoms with Gasteiger partial charge in [0.15, 0.2) is 5.82 Å². The minimum absolute atomic E-state index is 0.378. The van der Waals surface area contributed by atoms with Gasteiger partial charge in [-0.3, -0.25) is 0 Å². The number of nitrogen functional groups attached to an aromatic ring is 1. The zero-order chi connectivity index (χ0) is 13.1. The first-order valence-electron chi connectivity index (χ1n) is 5.16. The lowest BCUT2D eigenvalue weighted by Crippen LogP contribution is -2.19. The van der Waals surface area contributed by atoms with Gasteiger partial charge in [0, 0.05) is 19.2 Å². The van der Waals surface area contributed by atoms with Gasteiger partial charge in [-0.15, -0.1) is 0 Å². The van der Waals surface area contributed by atoms with E-state index in [1.165, 1.54) is 0 Å². The third-order valence-electron chi connectivity index (χ3n) is 2.41. The molecule has 0 aliphatic carbocycles. The van der Waals surface area contributed by atoms with E-state index < -0.39 is 0 Å². The second-order valence-electron chi connectivity index (χ2n) is 3.76. The predicted octanol–water partition coefficient (Wildman–Crippen LogP) is 2.90. The van der Waals surface area contributed by atoms with E-state index in [1.54, 1.807) is 18.6 Å². The number of halogens is 2. The van der Waals surface area contributed by atoms with Gasteiger partial charge in [0.05, 0.1) is 22.6 Å². The fraction of sp³-hybridized carbons (Fsp3) is 0.182. The molecule has 0 aliphatic heterocycles. The van der Waals surface area contributed by atoms with Crippen molar-refractivity contribution in [3.05, 3.63) is 40.3 Å². The summed E-state index contributed by atoms with van der Waals surface area (Å²) < 4.78 is 5.01. The van der Waals surface area contributed by atoms with Crippen LogP contribution in [0.15, 0.2) is 29.1 Å². The number of nitrogens with zero attached hydrogens (tertiary/aromatic N) is 2. The van der Waals surface area contributed by atoms with Gasteiger partial charge in [-0.1, -0.05) is 23.2 Å². The summed E-state index contributed by atoms with van der Waals surface area (Å²) in [6, 6.07) is 3.48. The number of rotatable bonds is 4. The van der Waals surface area contributed by atoms with E-state index in [1.807, 2.05) is 18.0 Å². The molecule has 0 radical (unpaired) electrons. The summed E-state index contributed by atoms with van der Waals surface area (Å²) in [5, 5.41) is 0.841. The van der Waals surface area contributed by atoms with Crippen molar-refractivity contribution < 1.29 is 4.42 Å². The highest BCUT2D eigenvalue weighted by Crippen LogP contribution is 2.31. The Morgan fingerprint density at radius 2 is 2.22 bits per heavy atom. The quantitative estimate of drug-likeness (QED) is 0.668. The fourth-order valence-corrected chi connectivity index (χ4v) is 2.11. The molecule has 0 saturated heterocycles. The largest absolute Gasteiger partial charge is 0.472 e. The number of hydrogen-bond donors (Lipinski definition) is 2. The Morgan fingerprint density at radius 1 is 1.44 bits per heavy atom. The zero-order valence-electron chi connectivity index (χ0n) is 9.65. The minimum atomic E-state index is 0.378. The Kier molecular flexibility index (Phi) is 3.96. The Balaban J connectivity index is 2.26. The predicted molar refractivity (Wildman–Crippen MR) is 72.9 cm³/mol. The van der Waals surface area contributed by atoms with E-state index >= 15 is 0 Å². The first kappa shape index (κ1) is 13.0.